The van der Waals surface area contributed by atoms with Gasteiger partial charge >= 0.3 is 0 Å². The van der Waals surface area contributed by atoms with E-state index in [-0.39, 0.29) is 23.8 Å². The van der Waals surface area contributed by atoms with Gasteiger partial charge in [-0.15, -0.1) is 0 Å². The minimum Gasteiger partial charge on any atom is -0.490 e. The molecular formula is C23H32N2O3. The van der Waals surface area contributed by atoms with Gasteiger partial charge in [0.25, 0.3) is 0 Å². The summed E-state index contributed by atoms with van der Waals surface area (Å²) in [5, 5.41) is 0. The molecule has 3 aliphatic heterocycles. The molecule has 3 heterocycles. The maximum absolute atomic E-state index is 13.0. The van der Waals surface area contributed by atoms with Crippen molar-refractivity contribution >= 4 is 11.8 Å². The van der Waals surface area contributed by atoms with Gasteiger partial charge < -0.3 is 14.5 Å². The summed E-state index contributed by atoms with van der Waals surface area (Å²) in [4.78, 5) is 29.8. The van der Waals surface area contributed by atoms with Crippen LogP contribution in [-0.4, -0.2) is 53.9 Å². The Morgan fingerprint density at radius 2 is 1.79 bits per heavy atom. The van der Waals surface area contributed by atoms with Crippen molar-refractivity contribution in [3.63, 3.8) is 0 Å². The molecule has 0 radical (unpaired) electrons. The average Bonchev–Trinajstić information content (AvgIpc) is 2.90. The van der Waals surface area contributed by atoms with Crippen LogP contribution in [-0.2, 0) is 22.4 Å². The predicted octanol–water partition coefficient (Wildman–Crippen LogP) is 3.19. The van der Waals surface area contributed by atoms with Crippen molar-refractivity contribution in [2.24, 2.45) is 5.92 Å². The lowest BCUT2D eigenvalue weighted by Gasteiger charge is -2.35. The van der Waals surface area contributed by atoms with Gasteiger partial charge in [-0.1, -0.05) is 25.0 Å². The number of hydrogen-bond acceptors (Lipinski definition) is 3. The Kier molecular flexibility index (Phi) is 5.88. The van der Waals surface area contributed by atoms with Gasteiger partial charge in [-0.05, 0) is 49.8 Å². The number of nitrogens with zero attached hydrogens (tertiary/aromatic N) is 2. The third kappa shape index (κ3) is 4.34. The van der Waals surface area contributed by atoms with Crippen LogP contribution < -0.4 is 4.74 Å². The summed E-state index contributed by atoms with van der Waals surface area (Å²) in [6.45, 7) is 5.20. The van der Waals surface area contributed by atoms with Gasteiger partial charge in [-0.3, -0.25) is 9.59 Å². The molecule has 1 aromatic rings. The fourth-order valence-electron chi connectivity index (χ4n) is 4.83. The second-order valence-corrected chi connectivity index (χ2v) is 8.67. The highest BCUT2D eigenvalue weighted by Crippen LogP contribution is 2.30. The third-order valence-electron chi connectivity index (χ3n) is 6.36. The molecular weight excluding hydrogens is 352 g/mol. The maximum atomic E-state index is 13.0. The number of benzene rings is 1. The number of fused-ring (bicyclic) bond motifs is 1. The number of amides is 2. The molecule has 2 atom stereocenters. The van der Waals surface area contributed by atoms with Crippen LogP contribution in [0.4, 0.5) is 0 Å². The molecule has 2 amide bonds. The molecule has 0 unspecified atom stereocenters. The molecule has 0 aliphatic carbocycles. The van der Waals surface area contributed by atoms with Crippen molar-refractivity contribution in [3.05, 3.63) is 29.3 Å². The van der Waals surface area contributed by atoms with E-state index in [1.807, 2.05) is 21.9 Å². The molecule has 5 nitrogen and oxygen atoms in total. The van der Waals surface area contributed by atoms with E-state index in [1.165, 1.54) is 18.4 Å². The van der Waals surface area contributed by atoms with Gasteiger partial charge in [0.1, 0.15) is 11.9 Å². The second kappa shape index (κ2) is 8.54. The van der Waals surface area contributed by atoms with Crippen molar-refractivity contribution in [1.29, 1.82) is 0 Å². The molecule has 3 aliphatic rings. The predicted molar refractivity (Wildman–Crippen MR) is 108 cm³/mol. The summed E-state index contributed by atoms with van der Waals surface area (Å²) < 4.78 is 5.75. The van der Waals surface area contributed by atoms with Crippen molar-refractivity contribution in [3.8, 4) is 5.75 Å². The highest BCUT2D eigenvalue weighted by Gasteiger charge is 2.31. The zero-order chi connectivity index (χ0) is 19.5. The molecule has 1 aromatic carbocycles. The molecule has 2 fully saturated rings. The molecule has 0 spiro atoms. The number of piperidine rings is 1. The highest BCUT2D eigenvalue weighted by atomic mass is 16.5. The first-order chi connectivity index (χ1) is 13.6. The Hall–Kier alpha value is -2.04. The van der Waals surface area contributed by atoms with Crippen LogP contribution in [0.15, 0.2) is 18.2 Å². The van der Waals surface area contributed by atoms with Gasteiger partial charge in [0.05, 0.1) is 12.3 Å². The summed E-state index contributed by atoms with van der Waals surface area (Å²) in [5.74, 6) is 1.33. The van der Waals surface area contributed by atoms with Gasteiger partial charge in [-0.2, -0.15) is 0 Å². The second-order valence-electron chi connectivity index (χ2n) is 8.67. The number of rotatable bonds is 3. The summed E-state index contributed by atoms with van der Waals surface area (Å²) in [6, 6.07) is 6.10. The minimum absolute atomic E-state index is 0.0231. The number of carbonyl (C=O) groups excluding carboxylic acids is 2. The van der Waals surface area contributed by atoms with E-state index < -0.39 is 0 Å². The zero-order valence-electron chi connectivity index (χ0n) is 17.0. The van der Waals surface area contributed by atoms with Crippen molar-refractivity contribution in [2.75, 3.05) is 26.2 Å². The van der Waals surface area contributed by atoms with Crippen LogP contribution in [0.3, 0.4) is 0 Å². The Balaban J connectivity index is 1.35. The number of ether oxygens (including phenoxy) is 1. The molecule has 5 heteroatoms. The molecule has 4 rings (SSSR count). The maximum Gasteiger partial charge on any atom is 0.227 e. The van der Waals surface area contributed by atoms with Gasteiger partial charge in [0, 0.05) is 32.6 Å². The normalized spacial score (nSPS) is 25.0. The van der Waals surface area contributed by atoms with Crippen LogP contribution in [0.2, 0.25) is 0 Å². The first-order valence-corrected chi connectivity index (χ1v) is 10.9. The average molecular weight is 385 g/mol. The molecule has 2 saturated heterocycles. The van der Waals surface area contributed by atoms with Crippen molar-refractivity contribution in [2.45, 2.75) is 64.4 Å². The Labute approximate surface area is 168 Å². The van der Waals surface area contributed by atoms with Crippen molar-refractivity contribution in [1.82, 2.24) is 9.80 Å². The minimum atomic E-state index is -0.0231. The van der Waals surface area contributed by atoms with Crippen LogP contribution in [0.1, 0.15) is 56.6 Å². The van der Waals surface area contributed by atoms with Crippen LogP contribution in [0, 0.1) is 5.92 Å². The van der Waals surface area contributed by atoms with E-state index in [4.69, 9.17) is 4.74 Å². The lowest BCUT2D eigenvalue weighted by atomic mass is 9.95. The number of hydrogen-bond donors (Lipinski definition) is 0. The molecule has 0 saturated carbocycles. The topological polar surface area (TPSA) is 49.9 Å². The monoisotopic (exact) mass is 384 g/mol. The summed E-state index contributed by atoms with van der Waals surface area (Å²) in [5.41, 5.74) is 2.24. The van der Waals surface area contributed by atoms with E-state index in [0.29, 0.717) is 13.0 Å². The SMILES string of the molecule is C[C@H]1Cc2cc(CC(=O)N3CCC[C@H](C(=O)N4CCCCCC4)C3)ccc2O1. The molecule has 0 bridgehead atoms. The molecule has 28 heavy (non-hydrogen) atoms. The number of carbonyl (C=O) groups is 2. The van der Waals surface area contributed by atoms with Gasteiger partial charge in [-0.25, -0.2) is 0 Å². The summed E-state index contributed by atoms with van der Waals surface area (Å²) in [6.07, 6.45) is 8.05. The zero-order valence-corrected chi connectivity index (χ0v) is 17.0. The molecule has 0 aromatic heterocycles. The van der Waals surface area contributed by atoms with Crippen LogP contribution in [0.5, 0.6) is 5.75 Å². The van der Waals surface area contributed by atoms with E-state index in [2.05, 4.69) is 13.0 Å². The first-order valence-electron chi connectivity index (χ1n) is 10.9. The lowest BCUT2D eigenvalue weighted by Crippen LogP contribution is -2.47. The largest absolute Gasteiger partial charge is 0.490 e. The van der Waals surface area contributed by atoms with Gasteiger partial charge in [0.15, 0.2) is 0 Å². The van der Waals surface area contributed by atoms with E-state index in [1.54, 1.807) is 0 Å². The molecule has 0 N–H and O–H groups in total. The first kappa shape index (κ1) is 19.3. The van der Waals surface area contributed by atoms with E-state index in [9.17, 15) is 9.59 Å². The van der Waals surface area contributed by atoms with E-state index in [0.717, 1.165) is 63.1 Å². The van der Waals surface area contributed by atoms with Gasteiger partial charge in [0.2, 0.25) is 11.8 Å². The van der Waals surface area contributed by atoms with Crippen molar-refractivity contribution < 1.29 is 14.3 Å². The van der Waals surface area contributed by atoms with Crippen LogP contribution in [0.25, 0.3) is 0 Å². The van der Waals surface area contributed by atoms with Crippen LogP contribution >= 0.6 is 0 Å². The standard InChI is InChI=1S/C23H32N2O3/c1-17-13-20-14-18(8-9-21(20)28-17)15-22(26)25-12-6-7-19(16-25)23(27)24-10-4-2-3-5-11-24/h8-9,14,17,19H,2-7,10-13,15-16H2,1H3/t17-,19-/m0/s1. The summed E-state index contributed by atoms with van der Waals surface area (Å²) >= 11 is 0. The Morgan fingerprint density at radius 3 is 2.57 bits per heavy atom. The smallest absolute Gasteiger partial charge is 0.227 e. The molecule has 152 valence electrons. The fraction of sp³-hybridized carbons (Fsp3) is 0.652. The third-order valence-corrected chi connectivity index (χ3v) is 6.36. The lowest BCUT2D eigenvalue weighted by molar-refractivity contribution is -0.140. The van der Waals surface area contributed by atoms with E-state index >= 15 is 0 Å². The highest BCUT2D eigenvalue weighted by molar-refractivity contribution is 5.82. The Morgan fingerprint density at radius 1 is 1.04 bits per heavy atom. The quantitative estimate of drug-likeness (QED) is 0.804. The Bertz CT molecular complexity index is 725. The summed E-state index contributed by atoms with van der Waals surface area (Å²) in [7, 11) is 0. The number of likely N-dealkylation sites (tertiary alicyclic amines) is 2. The fourth-order valence-corrected chi connectivity index (χ4v) is 4.83.